The second-order valence-electron chi connectivity index (χ2n) is 6.27. The molecule has 0 aliphatic carbocycles. The lowest BCUT2D eigenvalue weighted by molar-refractivity contribution is 0.454. The van der Waals surface area contributed by atoms with E-state index in [0.29, 0.717) is 6.42 Å². The quantitative estimate of drug-likeness (QED) is 0.860. The summed E-state index contributed by atoms with van der Waals surface area (Å²) in [5.41, 5.74) is 1.05. The number of benzene rings is 1. The van der Waals surface area contributed by atoms with Gasteiger partial charge in [0.2, 0.25) is 16.0 Å². The largest absolute Gasteiger partial charge is 0.342 e. The second-order valence-corrected chi connectivity index (χ2v) is 8.15. The van der Waals surface area contributed by atoms with Gasteiger partial charge in [0.15, 0.2) is 0 Å². The Balaban J connectivity index is 1.49. The van der Waals surface area contributed by atoms with E-state index in [9.17, 15) is 8.42 Å². The highest BCUT2D eigenvalue weighted by atomic mass is 32.2. The van der Waals surface area contributed by atoms with Gasteiger partial charge in [-0.3, -0.25) is 0 Å². The van der Waals surface area contributed by atoms with Gasteiger partial charge in [0.1, 0.15) is 0 Å². The highest BCUT2D eigenvalue weighted by Crippen LogP contribution is 2.18. The summed E-state index contributed by atoms with van der Waals surface area (Å²) in [6.07, 6.45) is 5.86. The average Bonchev–Trinajstić information content (AvgIpc) is 3.01. The first kappa shape index (κ1) is 17.0. The average molecular weight is 348 g/mol. The Labute approximate surface area is 143 Å². The van der Waals surface area contributed by atoms with E-state index < -0.39 is 10.0 Å². The van der Waals surface area contributed by atoms with Crippen molar-refractivity contribution in [3.63, 3.8) is 0 Å². The van der Waals surface area contributed by atoms with Crippen molar-refractivity contribution in [3.8, 4) is 0 Å². The highest BCUT2D eigenvalue weighted by molar-refractivity contribution is 7.89. The number of rotatable bonds is 6. The second kappa shape index (κ2) is 7.36. The molecule has 1 aliphatic rings. The molecule has 24 heavy (non-hydrogen) atoms. The number of aromatic nitrogens is 2. The Bertz CT molecular complexity index is 750. The van der Waals surface area contributed by atoms with Crippen molar-refractivity contribution in [2.45, 2.75) is 25.3 Å². The maximum absolute atomic E-state index is 12.3. The number of aryl methyl sites for hydroxylation is 2. The van der Waals surface area contributed by atoms with E-state index in [-0.39, 0.29) is 11.8 Å². The van der Waals surface area contributed by atoms with Crippen LogP contribution in [0.15, 0.2) is 42.7 Å². The van der Waals surface area contributed by atoms with Gasteiger partial charge in [-0.1, -0.05) is 30.3 Å². The van der Waals surface area contributed by atoms with Crippen LogP contribution < -0.4 is 9.62 Å². The molecule has 1 fully saturated rings. The van der Waals surface area contributed by atoms with Crippen molar-refractivity contribution in [2.75, 3.05) is 23.7 Å². The summed E-state index contributed by atoms with van der Waals surface area (Å²) in [6, 6.07) is 9.74. The van der Waals surface area contributed by atoms with Crippen molar-refractivity contribution in [2.24, 2.45) is 7.05 Å². The van der Waals surface area contributed by atoms with Gasteiger partial charge < -0.3 is 9.47 Å². The molecule has 1 aromatic carbocycles. The molecule has 0 radical (unpaired) electrons. The molecule has 1 saturated heterocycles. The molecule has 130 valence electrons. The lowest BCUT2D eigenvalue weighted by atomic mass is 10.1. The molecule has 1 N–H and O–H groups in total. The summed E-state index contributed by atoms with van der Waals surface area (Å²) in [7, 11) is -1.28. The molecule has 0 saturated carbocycles. The van der Waals surface area contributed by atoms with Crippen molar-refractivity contribution < 1.29 is 8.42 Å². The van der Waals surface area contributed by atoms with E-state index in [2.05, 4.69) is 14.6 Å². The number of piperidine rings is 1. The summed E-state index contributed by atoms with van der Waals surface area (Å²) in [4.78, 5) is 6.56. The number of nitrogens with one attached hydrogen (secondary N) is 1. The van der Waals surface area contributed by atoms with Gasteiger partial charge in [-0.15, -0.1) is 0 Å². The molecule has 0 bridgehead atoms. The third-order valence-electron chi connectivity index (χ3n) is 4.42. The molecular weight excluding hydrogens is 324 g/mol. The summed E-state index contributed by atoms with van der Waals surface area (Å²) >= 11 is 0. The first-order chi connectivity index (χ1) is 11.5. The molecule has 2 aromatic rings. The molecule has 1 aliphatic heterocycles. The molecule has 1 aromatic heterocycles. The van der Waals surface area contributed by atoms with Crippen LogP contribution in [0.2, 0.25) is 0 Å². The Hall–Kier alpha value is -1.86. The summed E-state index contributed by atoms with van der Waals surface area (Å²) in [6.45, 7) is 1.63. The Kier molecular flexibility index (Phi) is 5.20. The van der Waals surface area contributed by atoms with Crippen LogP contribution in [0.5, 0.6) is 0 Å². The fraction of sp³-hybridized carbons (Fsp3) is 0.471. The van der Waals surface area contributed by atoms with Crippen LogP contribution in [0.25, 0.3) is 0 Å². The first-order valence-electron chi connectivity index (χ1n) is 8.30. The maximum Gasteiger partial charge on any atom is 0.212 e. The topological polar surface area (TPSA) is 67.2 Å². The number of hydrogen-bond donors (Lipinski definition) is 1. The highest BCUT2D eigenvalue weighted by Gasteiger charge is 2.24. The lowest BCUT2D eigenvalue weighted by Crippen LogP contribution is -2.46. The van der Waals surface area contributed by atoms with Crippen LogP contribution in [-0.2, 0) is 23.5 Å². The predicted molar refractivity (Wildman–Crippen MR) is 95.5 cm³/mol. The number of anilines is 1. The van der Waals surface area contributed by atoms with Crippen molar-refractivity contribution in [1.82, 2.24) is 14.3 Å². The minimum atomic E-state index is -3.25. The summed E-state index contributed by atoms with van der Waals surface area (Å²) in [5.74, 6) is 1.08. The van der Waals surface area contributed by atoms with Gasteiger partial charge in [-0.05, 0) is 24.8 Å². The molecule has 3 rings (SSSR count). The molecular formula is C17H24N4O2S. The van der Waals surface area contributed by atoms with Gasteiger partial charge in [0, 0.05) is 38.6 Å². The molecule has 0 atom stereocenters. The molecule has 0 spiro atoms. The van der Waals surface area contributed by atoms with E-state index >= 15 is 0 Å². The first-order valence-corrected chi connectivity index (χ1v) is 9.95. The molecule has 0 unspecified atom stereocenters. The normalized spacial score (nSPS) is 16.5. The zero-order valence-electron chi connectivity index (χ0n) is 13.9. The minimum Gasteiger partial charge on any atom is -0.342 e. The van der Waals surface area contributed by atoms with E-state index in [1.807, 2.05) is 48.1 Å². The van der Waals surface area contributed by atoms with Crippen LogP contribution in [0.4, 0.5) is 5.95 Å². The number of nitrogens with zero attached hydrogens (tertiary/aromatic N) is 3. The van der Waals surface area contributed by atoms with Crippen LogP contribution in [0.1, 0.15) is 18.4 Å². The van der Waals surface area contributed by atoms with Crippen LogP contribution in [0, 0.1) is 0 Å². The maximum atomic E-state index is 12.3. The van der Waals surface area contributed by atoms with E-state index in [0.717, 1.165) is 37.4 Å². The predicted octanol–water partition coefficient (Wildman–Crippen LogP) is 1.55. The standard InChI is InChI=1S/C17H24N4O2S/c1-20-13-10-18-17(20)21-11-7-16(8-12-21)19-24(22,23)14-9-15-5-3-2-4-6-15/h2-6,10,13,16,19H,7-9,11-12,14H2,1H3. The zero-order chi connectivity index (χ0) is 17.0. The lowest BCUT2D eigenvalue weighted by Gasteiger charge is -2.32. The molecule has 6 nitrogen and oxygen atoms in total. The van der Waals surface area contributed by atoms with Crippen molar-refractivity contribution in [1.29, 1.82) is 0 Å². The van der Waals surface area contributed by atoms with Crippen molar-refractivity contribution in [3.05, 3.63) is 48.3 Å². The van der Waals surface area contributed by atoms with Crippen molar-refractivity contribution >= 4 is 16.0 Å². The summed E-state index contributed by atoms with van der Waals surface area (Å²) < 4.78 is 29.4. The Morgan fingerprint density at radius 2 is 1.92 bits per heavy atom. The molecule has 0 amide bonds. The third-order valence-corrected chi connectivity index (χ3v) is 5.86. The van der Waals surface area contributed by atoms with Gasteiger partial charge in [0.05, 0.1) is 5.75 Å². The fourth-order valence-electron chi connectivity index (χ4n) is 3.07. The number of hydrogen-bond acceptors (Lipinski definition) is 4. The van der Waals surface area contributed by atoms with E-state index in [1.165, 1.54) is 0 Å². The van der Waals surface area contributed by atoms with Gasteiger partial charge in [-0.25, -0.2) is 18.1 Å². The van der Waals surface area contributed by atoms with Crippen LogP contribution in [0.3, 0.4) is 0 Å². The fourth-order valence-corrected chi connectivity index (χ4v) is 4.44. The van der Waals surface area contributed by atoms with Gasteiger partial charge in [-0.2, -0.15) is 0 Å². The van der Waals surface area contributed by atoms with E-state index in [4.69, 9.17) is 0 Å². The zero-order valence-corrected chi connectivity index (χ0v) is 14.7. The van der Waals surface area contributed by atoms with Gasteiger partial charge in [0.25, 0.3) is 0 Å². The Morgan fingerprint density at radius 3 is 2.54 bits per heavy atom. The van der Waals surface area contributed by atoms with Crippen LogP contribution >= 0.6 is 0 Å². The molecule has 7 heteroatoms. The third kappa shape index (κ3) is 4.36. The molecule has 2 heterocycles. The summed E-state index contributed by atoms with van der Waals surface area (Å²) in [5, 5.41) is 0. The number of imidazole rings is 1. The SMILES string of the molecule is Cn1ccnc1N1CCC(NS(=O)(=O)CCc2ccccc2)CC1. The minimum absolute atomic E-state index is 0.0160. The monoisotopic (exact) mass is 348 g/mol. The van der Waals surface area contributed by atoms with Crippen LogP contribution in [-0.4, -0.2) is 42.9 Å². The Morgan fingerprint density at radius 1 is 1.21 bits per heavy atom. The van der Waals surface area contributed by atoms with Gasteiger partial charge >= 0.3 is 0 Å². The smallest absolute Gasteiger partial charge is 0.212 e. The number of sulfonamides is 1. The van der Waals surface area contributed by atoms with E-state index in [1.54, 1.807) is 6.20 Å².